The second-order valence-corrected chi connectivity index (χ2v) is 10.3. The molecular weight excluding hydrogens is 485 g/mol. The van der Waals surface area contributed by atoms with Crippen LogP contribution in [0.1, 0.15) is 54.0 Å². The van der Waals surface area contributed by atoms with Crippen molar-refractivity contribution in [1.29, 1.82) is 0 Å². The van der Waals surface area contributed by atoms with Gasteiger partial charge < -0.3 is 5.32 Å². The van der Waals surface area contributed by atoms with Crippen molar-refractivity contribution in [1.82, 2.24) is 25.4 Å². The summed E-state index contributed by atoms with van der Waals surface area (Å²) < 4.78 is 14.7. The van der Waals surface area contributed by atoms with Crippen LogP contribution in [0.4, 0.5) is 4.39 Å². The monoisotopic (exact) mass is 515 g/mol. The van der Waals surface area contributed by atoms with Gasteiger partial charge in [0.05, 0.1) is 27.4 Å². The Morgan fingerprint density at radius 2 is 2.00 bits per heavy atom. The molecular formula is C29H30FN5OS. The fraction of sp³-hybridized carbons (Fsp3) is 0.276. The molecule has 190 valence electrons. The zero-order chi connectivity index (χ0) is 25.8. The lowest BCUT2D eigenvalue weighted by Crippen LogP contribution is -2.26. The molecule has 5 rings (SSSR count). The van der Waals surface area contributed by atoms with Gasteiger partial charge in [-0.3, -0.25) is 19.8 Å². The first-order valence-corrected chi connectivity index (χ1v) is 13.5. The Bertz CT molecular complexity index is 1420. The van der Waals surface area contributed by atoms with Crippen molar-refractivity contribution in [3.05, 3.63) is 83.1 Å². The average molecular weight is 516 g/mol. The van der Waals surface area contributed by atoms with Gasteiger partial charge in [0.2, 0.25) is 0 Å². The molecule has 1 fully saturated rings. The molecule has 8 heteroatoms. The van der Waals surface area contributed by atoms with Gasteiger partial charge in [0.15, 0.2) is 0 Å². The lowest BCUT2D eigenvalue weighted by atomic mass is 10.2. The Hall–Kier alpha value is -3.49. The third-order valence-corrected chi connectivity index (χ3v) is 7.58. The molecule has 0 radical (unpaired) electrons. The molecule has 37 heavy (non-hydrogen) atoms. The van der Waals surface area contributed by atoms with Crippen LogP contribution >= 0.6 is 11.8 Å². The van der Waals surface area contributed by atoms with E-state index in [1.165, 1.54) is 23.4 Å². The summed E-state index contributed by atoms with van der Waals surface area (Å²) in [7, 11) is 0. The molecule has 0 aliphatic heterocycles. The summed E-state index contributed by atoms with van der Waals surface area (Å²) in [5.74, 6) is -0.633. The number of fused-ring (bicyclic) bond motifs is 1. The smallest absolute Gasteiger partial charge is 0.252 e. The molecule has 2 N–H and O–H groups in total. The van der Waals surface area contributed by atoms with Crippen molar-refractivity contribution >= 4 is 40.7 Å². The van der Waals surface area contributed by atoms with E-state index < -0.39 is 5.82 Å². The van der Waals surface area contributed by atoms with Crippen molar-refractivity contribution < 1.29 is 9.18 Å². The fourth-order valence-corrected chi connectivity index (χ4v) is 5.09. The van der Waals surface area contributed by atoms with Crippen LogP contribution in [-0.2, 0) is 6.54 Å². The van der Waals surface area contributed by atoms with Gasteiger partial charge in [0.25, 0.3) is 5.91 Å². The Balaban J connectivity index is 1.31. The lowest BCUT2D eigenvalue weighted by molar-refractivity contribution is 0.0947. The van der Waals surface area contributed by atoms with Crippen LogP contribution in [0.15, 0.2) is 64.5 Å². The SMILES string of the molecule is CCN(CC)Cc1ccc(/C=C/c2n[nH]c3cc(Sc4c(F)cccc4C(=O)NC4CC4)ccc23)nc1. The number of hydrogen-bond acceptors (Lipinski definition) is 5. The Kier molecular flexibility index (Phi) is 7.67. The quantitative estimate of drug-likeness (QED) is 0.265. The van der Waals surface area contributed by atoms with Crippen molar-refractivity contribution in [2.75, 3.05) is 13.1 Å². The van der Waals surface area contributed by atoms with E-state index in [0.29, 0.717) is 10.5 Å². The molecule has 2 aromatic carbocycles. The van der Waals surface area contributed by atoms with Crippen LogP contribution < -0.4 is 5.32 Å². The summed E-state index contributed by atoms with van der Waals surface area (Å²) >= 11 is 1.24. The minimum atomic E-state index is -0.405. The highest BCUT2D eigenvalue weighted by Gasteiger charge is 2.26. The highest BCUT2D eigenvalue weighted by molar-refractivity contribution is 7.99. The fourth-order valence-electron chi connectivity index (χ4n) is 4.11. The van der Waals surface area contributed by atoms with Gasteiger partial charge in [-0.15, -0.1) is 0 Å². The number of nitrogens with one attached hydrogen (secondary N) is 2. The number of rotatable bonds is 10. The van der Waals surface area contributed by atoms with E-state index >= 15 is 0 Å². The molecule has 0 bridgehead atoms. The molecule has 2 heterocycles. The van der Waals surface area contributed by atoms with Crippen LogP contribution in [0.5, 0.6) is 0 Å². The van der Waals surface area contributed by atoms with Crippen LogP contribution in [0, 0.1) is 5.82 Å². The third kappa shape index (κ3) is 6.09. The molecule has 1 saturated carbocycles. The van der Waals surface area contributed by atoms with Crippen molar-refractivity contribution in [3.63, 3.8) is 0 Å². The van der Waals surface area contributed by atoms with E-state index in [1.807, 2.05) is 42.6 Å². The lowest BCUT2D eigenvalue weighted by Gasteiger charge is -2.17. The highest BCUT2D eigenvalue weighted by atomic mass is 32.2. The number of aromatic amines is 1. The molecule has 1 aliphatic rings. The zero-order valence-electron chi connectivity index (χ0n) is 21.0. The van der Waals surface area contributed by atoms with E-state index in [2.05, 4.69) is 45.3 Å². The molecule has 0 unspecified atom stereocenters. The van der Waals surface area contributed by atoms with Gasteiger partial charge in [-0.1, -0.05) is 37.7 Å². The van der Waals surface area contributed by atoms with Gasteiger partial charge in [-0.2, -0.15) is 5.10 Å². The number of carbonyl (C=O) groups is 1. The molecule has 6 nitrogen and oxygen atoms in total. The summed E-state index contributed by atoms with van der Waals surface area (Å²) in [5.41, 5.74) is 4.06. The summed E-state index contributed by atoms with van der Waals surface area (Å²) in [6.45, 7) is 7.25. The van der Waals surface area contributed by atoms with Gasteiger partial charge >= 0.3 is 0 Å². The number of carbonyl (C=O) groups excluding carboxylic acids is 1. The number of hydrogen-bond donors (Lipinski definition) is 2. The first kappa shape index (κ1) is 25.2. The Morgan fingerprint density at radius 1 is 1.16 bits per heavy atom. The maximum absolute atomic E-state index is 14.7. The number of pyridine rings is 1. The number of benzene rings is 2. The number of aromatic nitrogens is 3. The van der Waals surface area contributed by atoms with Crippen molar-refractivity contribution in [2.24, 2.45) is 0 Å². The normalized spacial score (nSPS) is 13.6. The maximum atomic E-state index is 14.7. The predicted molar refractivity (Wildman–Crippen MR) is 147 cm³/mol. The summed E-state index contributed by atoms with van der Waals surface area (Å²) in [4.78, 5) is 20.7. The van der Waals surface area contributed by atoms with Gasteiger partial charge in [-0.05, 0) is 80.0 Å². The van der Waals surface area contributed by atoms with Gasteiger partial charge in [-0.25, -0.2) is 4.39 Å². The Labute approximate surface area is 220 Å². The predicted octanol–water partition coefficient (Wildman–Crippen LogP) is 6.15. The number of H-pyrrole nitrogens is 1. The van der Waals surface area contributed by atoms with E-state index in [9.17, 15) is 9.18 Å². The number of halogens is 1. The molecule has 0 atom stereocenters. The van der Waals surface area contributed by atoms with E-state index in [0.717, 1.165) is 59.7 Å². The molecule has 2 aromatic heterocycles. The summed E-state index contributed by atoms with van der Waals surface area (Å²) in [6.07, 6.45) is 7.77. The first-order chi connectivity index (χ1) is 18.0. The average Bonchev–Trinajstić information content (AvgIpc) is 3.64. The van der Waals surface area contributed by atoms with Crippen LogP contribution in [0.25, 0.3) is 23.1 Å². The molecule has 4 aromatic rings. The van der Waals surface area contributed by atoms with Crippen LogP contribution in [0.2, 0.25) is 0 Å². The minimum Gasteiger partial charge on any atom is -0.349 e. The standard InChI is InChI=1S/C29H30FN5OS/c1-3-35(4-2)18-19-8-9-20(31-17-19)12-15-26-23-14-13-22(16-27(23)34-33-26)37-28-24(6-5-7-25(28)30)29(36)32-21-10-11-21/h5-9,12-17,21H,3-4,10-11,18H2,1-2H3,(H,32,36)(H,33,34)/b15-12+. The maximum Gasteiger partial charge on any atom is 0.252 e. The molecule has 0 spiro atoms. The minimum absolute atomic E-state index is 0.210. The van der Waals surface area contributed by atoms with Crippen molar-refractivity contribution in [2.45, 2.75) is 49.1 Å². The van der Waals surface area contributed by atoms with Gasteiger partial charge in [0, 0.05) is 29.1 Å². The van der Waals surface area contributed by atoms with E-state index in [4.69, 9.17) is 0 Å². The summed E-state index contributed by atoms with van der Waals surface area (Å²) in [6, 6.07) is 14.8. The number of nitrogens with zero attached hydrogens (tertiary/aromatic N) is 3. The highest BCUT2D eigenvalue weighted by Crippen LogP contribution is 2.35. The molecule has 0 saturated heterocycles. The largest absolute Gasteiger partial charge is 0.349 e. The topological polar surface area (TPSA) is 73.9 Å². The van der Waals surface area contributed by atoms with Crippen molar-refractivity contribution in [3.8, 4) is 0 Å². The van der Waals surface area contributed by atoms with Crippen LogP contribution in [-0.4, -0.2) is 45.1 Å². The zero-order valence-corrected chi connectivity index (χ0v) is 21.8. The van der Waals surface area contributed by atoms with Crippen LogP contribution in [0.3, 0.4) is 0 Å². The first-order valence-electron chi connectivity index (χ1n) is 12.6. The van der Waals surface area contributed by atoms with E-state index in [-0.39, 0.29) is 11.9 Å². The van der Waals surface area contributed by atoms with E-state index in [1.54, 1.807) is 12.1 Å². The second-order valence-electron chi connectivity index (χ2n) is 9.17. The number of amides is 1. The molecule has 1 amide bonds. The molecule has 1 aliphatic carbocycles. The third-order valence-electron chi connectivity index (χ3n) is 6.47. The second kappa shape index (κ2) is 11.3. The van der Waals surface area contributed by atoms with Gasteiger partial charge in [0.1, 0.15) is 5.82 Å². The summed E-state index contributed by atoms with van der Waals surface area (Å²) in [5, 5.41) is 11.4. The Morgan fingerprint density at radius 3 is 2.73 bits per heavy atom.